The molecule has 0 unspecified atom stereocenters. The molecule has 0 aliphatic carbocycles. The second-order valence-corrected chi connectivity index (χ2v) is 3.49. The molecule has 1 aromatic carbocycles. The monoisotopic (exact) mass is 191 g/mol. The molecule has 0 spiro atoms. The molecule has 0 fully saturated rings. The SMILES string of the molecule is CSc1ncc(O)c2ccccc12. The number of hydrogen-bond donors (Lipinski definition) is 1. The van der Waals surface area contributed by atoms with Crippen molar-refractivity contribution in [2.24, 2.45) is 0 Å². The predicted molar refractivity (Wildman–Crippen MR) is 55.2 cm³/mol. The van der Waals surface area contributed by atoms with Crippen molar-refractivity contribution in [1.29, 1.82) is 0 Å². The number of pyridine rings is 1. The maximum atomic E-state index is 9.52. The second-order valence-electron chi connectivity index (χ2n) is 2.70. The zero-order valence-corrected chi connectivity index (χ0v) is 8.01. The second kappa shape index (κ2) is 3.26. The number of fused-ring (bicyclic) bond motifs is 1. The highest BCUT2D eigenvalue weighted by Gasteiger charge is 2.03. The standard InChI is InChI=1S/C10H9NOS/c1-13-10-8-5-3-2-4-7(8)9(12)6-11-10/h2-6,12H,1H3. The molecule has 0 aliphatic rings. The van der Waals surface area contributed by atoms with Crippen molar-refractivity contribution in [1.82, 2.24) is 4.98 Å². The summed E-state index contributed by atoms with van der Waals surface area (Å²) >= 11 is 1.58. The van der Waals surface area contributed by atoms with Crippen LogP contribution in [-0.4, -0.2) is 16.3 Å². The van der Waals surface area contributed by atoms with Gasteiger partial charge < -0.3 is 5.11 Å². The first-order valence-electron chi connectivity index (χ1n) is 3.93. The van der Waals surface area contributed by atoms with E-state index in [1.165, 1.54) is 6.20 Å². The molecule has 0 saturated carbocycles. The Kier molecular flexibility index (Phi) is 2.10. The highest BCUT2D eigenvalue weighted by atomic mass is 32.2. The molecule has 3 heteroatoms. The Labute approximate surface area is 80.6 Å². The van der Waals surface area contributed by atoms with Crippen LogP contribution in [0.25, 0.3) is 10.8 Å². The van der Waals surface area contributed by atoms with E-state index in [1.807, 2.05) is 30.5 Å². The summed E-state index contributed by atoms with van der Waals surface area (Å²) in [5.74, 6) is 0.244. The van der Waals surface area contributed by atoms with E-state index in [4.69, 9.17) is 0 Å². The first-order chi connectivity index (χ1) is 6.33. The van der Waals surface area contributed by atoms with Crippen molar-refractivity contribution in [2.75, 3.05) is 6.26 Å². The Morgan fingerprint density at radius 3 is 2.62 bits per heavy atom. The van der Waals surface area contributed by atoms with E-state index in [9.17, 15) is 5.11 Å². The Balaban J connectivity index is 2.84. The average molecular weight is 191 g/mol. The lowest BCUT2D eigenvalue weighted by molar-refractivity contribution is 0.478. The maximum absolute atomic E-state index is 9.52. The van der Waals surface area contributed by atoms with Crippen molar-refractivity contribution in [3.63, 3.8) is 0 Å². The topological polar surface area (TPSA) is 33.1 Å². The van der Waals surface area contributed by atoms with Crippen LogP contribution in [0.2, 0.25) is 0 Å². The van der Waals surface area contributed by atoms with E-state index >= 15 is 0 Å². The third kappa shape index (κ3) is 1.35. The van der Waals surface area contributed by atoms with Gasteiger partial charge in [0, 0.05) is 10.8 Å². The van der Waals surface area contributed by atoms with Gasteiger partial charge in [-0.3, -0.25) is 0 Å². The minimum Gasteiger partial charge on any atom is -0.506 e. The Morgan fingerprint density at radius 2 is 1.92 bits per heavy atom. The number of benzene rings is 1. The van der Waals surface area contributed by atoms with Gasteiger partial charge in [0.2, 0.25) is 0 Å². The molecule has 66 valence electrons. The summed E-state index contributed by atoms with van der Waals surface area (Å²) in [5, 5.41) is 12.3. The van der Waals surface area contributed by atoms with Crippen LogP contribution in [0.3, 0.4) is 0 Å². The van der Waals surface area contributed by atoms with E-state index in [0.717, 1.165) is 15.8 Å². The number of rotatable bonds is 1. The summed E-state index contributed by atoms with van der Waals surface area (Å²) in [6, 6.07) is 7.72. The number of aromatic hydroxyl groups is 1. The predicted octanol–water partition coefficient (Wildman–Crippen LogP) is 2.66. The van der Waals surface area contributed by atoms with Gasteiger partial charge in [0.15, 0.2) is 0 Å². The average Bonchev–Trinajstić information content (AvgIpc) is 2.19. The van der Waals surface area contributed by atoms with Gasteiger partial charge >= 0.3 is 0 Å². The van der Waals surface area contributed by atoms with Gasteiger partial charge in [-0.1, -0.05) is 24.3 Å². The van der Waals surface area contributed by atoms with Gasteiger partial charge in [-0.2, -0.15) is 0 Å². The summed E-state index contributed by atoms with van der Waals surface area (Å²) in [7, 11) is 0. The lowest BCUT2D eigenvalue weighted by Crippen LogP contribution is -1.82. The van der Waals surface area contributed by atoms with Crippen molar-refractivity contribution in [2.45, 2.75) is 5.03 Å². The largest absolute Gasteiger partial charge is 0.506 e. The quantitative estimate of drug-likeness (QED) is 0.703. The fourth-order valence-corrected chi connectivity index (χ4v) is 1.87. The third-order valence-corrected chi connectivity index (χ3v) is 2.64. The minimum absolute atomic E-state index is 0.244. The van der Waals surface area contributed by atoms with Crippen LogP contribution in [0.4, 0.5) is 0 Å². The Morgan fingerprint density at radius 1 is 1.23 bits per heavy atom. The molecule has 2 nitrogen and oxygen atoms in total. The molecular formula is C10H9NOS. The van der Waals surface area contributed by atoms with Crippen LogP contribution in [-0.2, 0) is 0 Å². The van der Waals surface area contributed by atoms with Crippen molar-refractivity contribution < 1.29 is 5.11 Å². The van der Waals surface area contributed by atoms with Crippen LogP contribution >= 0.6 is 11.8 Å². The van der Waals surface area contributed by atoms with Crippen LogP contribution in [0.1, 0.15) is 0 Å². The molecule has 0 bridgehead atoms. The van der Waals surface area contributed by atoms with Gasteiger partial charge in [-0.25, -0.2) is 4.98 Å². The molecule has 1 aromatic heterocycles. The zero-order valence-electron chi connectivity index (χ0n) is 7.19. The van der Waals surface area contributed by atoms with Crippen LogP contribution in [0.5, 0.6) is 5.75 Å². The van der Waals surface area contributed by atoms with E-state index in [0.29, 0.717) is 0 Å². The van der Waals surface area contributed by atoms with E-state index in [1.54, 1.807) is 11.8 Å². The fraction of sp³-hybridized carbons (Fsp3) is 0.100. The number of aromatic nitrogens is 1. The van der Waals surface area contributed by atoms with Gasteiger partial charge in [0.05, 0.1) is 6.20 Å². The normalized spacial score (nSPS) is 10.5. The molecule has 0 amide bonds. The van der Waals surface area contributed by atoms with Gasteiger partial charge in [0.1, 0.15) is 10.8 Å². The maximum Gasteiger partial charge on any atom is 0.141 e. The summed E-state index contributed by atoms with van der Waals surface area (Å²) in [5.41, 5.74) is 0. The third-order valence-electron chi connectivity index (χ3n) is 1.93. The summed E-state index contributed by atoms with van der Waals surface area (Å²) in [6.45, 7) is 0. The van der Waals surface area contributed by atoms with E-state index < -0.39 is 0 Å². The molecule has 13 heavy (non-hydrogen) atoms. The highest BCUT2D eigenvalue weighted by Crippen LogP contribution is 2.29. The van der Waals surface area contributed by atoms with E-state index in [2.05, 4.69) is 4.98 Å². The summed E-state index contributed by atoms with van der Waals surface area (Å²) in [4.78, 5) is 4.14. The lowest BCUT2D eigenvalue weighted by Gasteiger charge is -2.03. The van der Waals surface area contributed by atoms with Crippen LogP contribution in [0.15, 0.2) is 35.5 Å². The van der Waals surface area contributed by atoms with Crippen LogP contribution in [0, 0.1) is 0 Å². The van der Waals surface area contributed by atoms with Crippen molar-refractivity contribution >= 4 is 22.5 Å². The van der Waals surface area contributed by atoms with Crippen molar-refractivity contribution in [3.05, 3.63) is 30.5 Å². The molecule has 0 radical (unpaired) electrons. The Bertz CT molecular complexity index is 442. The lowest BCUT2D eigenvalue weighted by atomic mass is 10.2. The summed E-state index contributed by atoms with van der Waals surface area (Å²) in [6.07, 6.45) is 3.47. The molecule has 1 N–H and O–H groups in total. The number of thioether (sulfide) groups is 1. The fourth-order valence-electron chi connectivity index (χ4n) is 1.31. The van der Waals surface area contributed by atoms with Gasteiger partial charge in [0.25, 0.3) is 0 Å². The highest BCUT2D eigenvalue weighted by molar-refractivity contribution is 7.98. The first kappa shape index (κ1) is 8.38. The van der Waals surface area contributed by atoms with E-state index in [-0.39, 0.29) is 5.75 Å². The van der Waals surface area contributed by atoms with Crippen molar-refractivity contribution in [3.8, 4) is 5.75 Å². The molecule has 2 rings (SSSR count). The zero-order chi connectivity index (χ0) is 9.26. The molecule has 0 atom stereocenters. The minimum atomic E-state index is 0.244. The van der Waals surface area contributed by atoms with Crippen LogP contribution < -0.4 is 0 Å². The number of nitrogens with zero attached hydrogens (tertiary/aromatic N) is 1. The Hall–Kier alpha value is -1.22. The molecule has 2 aromatic rings. The molecule has 0 saturated heterocycles. The number of hydrogen-bond acceptors (Lipinski definition) is 3. The summed E-state index contributed by atoms with van der Waals surface area (Å²) < 4.78 is 0. The smallest absolute Gasteiger partial charge is 0.141 e. The van der Waals surface area contributed by atoms with Gasteiger partial charge in [-0.05, 0) is 6.26 Å². The van der Waals surface area contributed by atoms with Gasteiger partial charge in [-0.15, -0.1) is 11.8 Å². The molecule has 0 aliphatic heterocycles. The molecule has 1 heterocycles. The molecular weight excluding hydrogens is 182 g/mol. The first-order valence-corrected chi connectivity index (χ1v) is 5.16.